The van der Waals surface area contributed by atoms with Gasteiger partial charge in [-0.15, -0.1) is 0 Å². The summed E-state index contributed by atoms with van der Waals surface area (Å²) < 4.78 is 0. The van der Waals surface area contributed by atoms with Crippen LogP contribution in [-0.2, 0) is 10.2 Å². The molecule has 2 aliphatic heterocycles. The van der Waals surface area contributed by atoms with Crippen molar-refractivity contribution >= 4 is 17.5 Å². The first-order valence-corrected chi connectivity index (χ1v) is 8.22. The summed E-state index contributed by atoms with van der Waals surface area (Å²) in [6, 6.07) is 9.65. The molecule has 6 nitrogen and oxygen atoms in total. The van der Waals surface area contributed by atoms with Gasteiger partial charge in [0, 0.05) is 31.5 Å². The lowest BCUT2D eigenvalue weighted by Crippen LogP contribution is -2.53. The van der Waals surface area contributed by atoms with Crippen molar-refractivity contribution in [1.29, 1.82) is 0 Å². The molecule has 3 heterocycles. The highest BCUT2D eigenvalue weighted by atomic mass is 16.2. The van der Waals surface area contributed by atoms with Crippen molar-refractivity contribution < 1.29 is 9.59 Å². The highest BCUT2D eigenvalue weighted by Gasteiger charge is 2.52. The first kappa shape index (κ1) is 14.9. The highest BCUT2D eigenvalue weighted by molar-refractivity contribution is 6.08. The Morgan fingerprint density at radius 2 is 2.12 bits per heavy atom. The molecule has 4 rings (SSSR count). The van der Waals surface area contributed by atoms with E-state index in [4.69, 9.17) is 0 Å². The minimum atomic E-state index is -0.620. The first-order valence-electron chi connectivity index (χ1n) is 8.22. The molecule has 0 unspecified atom stereocenters. The number of rotatable bonds is 1. The van der Waals surface area contributed by atoms with Crippen LogP contribution in [-0.4, -0.2) is 47.0 Å². The van der Waals surface area contributed by atoms with Crippen molar-refractivity contribution in [3.8, 4) is 0 Å². The van der Waals surface area contributed by atoms with Gasteiger partial charge >= 0.3 is 0 Å². The van der Waals surface area contributed by atoms with Crippen LogP contribution in [0.25, 0.3) is 0 Å². The fourth-order valence-corrected chi connectivity index (χ4v) is 4.03. The number of aromatic amines is 1. The number of likely N-dealkylation sites (tertiary alicyclic amines) is 1. The third-order valence-corrected chi connectivity index (χ3v) is 5.20. The molecule has 1 N–H and O–H groups in total. The predicted octanol–water partition coefficient (Wildman–Crippen LogP) is 1.87. The SMILES string of the molecule is Cc1cc(C(=O)N2CCC[C@@]3(C2)C(=O)N(C)c2ccccc23)n[nH]1. The largest absolute Gasteiger partial charge is 0.336 e. The summed E-state index contributed by atoms with van der Waals surface area (Å²) in [7, 11) is 1.81. The Hall–Kier alpha value is -2.63. The van der Waals surface area contributed by atoms with E-state index in [0.717, 1.165) is 29.8 Å². The van der Waals surface area contributed by atoms with Crippen LogP contribution in [0.4, 0.5) is 5.69 Å². The van der Waals surface area contributed by atoms with Crippen LogP contribution in [0, 0.1) is 6.92 Å². The zero-order valence-electron chi connectivity index (χ0n) is 13.9. The summed E-state index contributed by atoms with van der Waals surface area (Å²) in [4.78, 5) is 29.3. The van der Waals surface area contributed by atoms with Gasteiger partial charge in [0.1, 0.15) is 5.69 Å². The van der Waals surface area contributed by atoms with Crippen LogP contribution in [0.1, 0.15) is 34.6 Å². The van der Waals surface area contributed by atoms with E-state index in [2.05, 4.69) is 10.2 Å². The van der Waals surface area contributed by atoms with Gasteiger partial charge in [-0.25, -0.2) is 0 Å². The van der Waals surface area contributed by atoms with E-state index in [0.29, 0.717) is 18.8 Å². The van der Waals surface area contributed by atoms with E-state index < -0.39 is 5.41 Å². The summed E-state index contributed by atoms with van der Waals surface area (Å²) in [6.07, 6.45) is 1.58. The number of aromatic nitrogens is 2. The number of likely N-dealkylation sites (N-methyl/N-ethyl adjacent to an activating group) is 1. The van der Waals surface area contributed by atoms with Gasteiger partial charge in [0.25, 0.3) is 5.91 Å². The lowest BCUT2D eigenvalue weighted by Gasteiger charge is -2.39. The first-order chi connectivity index (χ1) is 11.5. The van der Waals surface area contributed by atoms with Crippen LogP contribution in [0.3, 0.4) is 0 Å². The molecule has 1 fully saturated rings. The Balaban J connectivity index is 1.70. The second-order valence-corrected chi connectivity index (χ2v) is 6.73. The second-order valence-electron chi connectivity index (χ2n) is 6.73. The number of fused-ring (bicyclic) bond motifs is 2. The predicted molar refractivity (Wildman–Crippen MR) is 90.0 cm³/mol. The lowest BCUT2D eigenvalue weighted by molar-refractivity contribution is -0.124. The number of aryl methyl sites for hydroxylation is 1. The maximum atomic E-state index is 13.0. The number of piperidine rings is 1. The number of carbonyl (C=O) groups is 2. The fourth-order valence-electron chi connectivity index (χ4n) is 4.03. The number of amides is 2. The van der Waals surface area contributed by atoms with Crippen LogP contribution in [0.5, 0.6) is 0 Å². The Labute approximate surface area is 140 Å². The maximum Gasteiger partial charge on any atom is 0.274 e. The number of hydrogen-bond donors (Lipinski definition) is 1. The summed E-state index contributed by atoms with van der Waals surface area (Å²) in [5.41, 5.74) is 2.63. The van der Waals surface area contributed by atoms with Crippen molar-refractivity contribution in [1.82, 2.24) is 15.1 Å². The van der Waals surface area contributed by atoms with Gasteiger partial charge < -0.3 is 9.80 Å². The molecule has 2 amide bonds. The standard InChI is InChI=1S/C18H20N4O2/c1-12-10-14(20-19-12)16(23)22-9-5-8-18(11-22)13-6-3-4-7-15(13)21(2)17(18)24/h3-4,6-7,10H,5,8-9,11H2,1-2H3,(H,19,20)/t18-/m0/s1. The summed E-state index contributed by atoms with van der Waals surface area (Å²) in [5.74, 6) is -0.0299. The van der Waals surface area contributed by atoms with Crippen LogP contribution in [0.2, 0.25) is 0 Å². The molecule has 2 aliphatic rings. The smallest absolute Gasteiger partial charge is 0.274 e. The molecule has 0 saturated carbocycles. The monoisotopic (exact) mass is 324 g/mol. The Bertz CT molecular complexity index is 828. The zero-order chi connectivity index (χ0) is 16.9. The Morgan fingerprint density at radius 1 is 1.33 bits per heavy atom. The van der Waals surface area contributed by atoms with Crippen molar-refractivity contribution in [3.05, 3.63) is 47.3 Å². The molecule has 0 aliphatic carbocycles. The second kappa shape index (κ2) is 5.19. The van der Waals surface area contributed by atoms with E-state index >= 15 is 0 Å². The normalized spacial score (nSPS) is 23.0. The molecule has 1 aromatic heterocycles. The maximum absolute atomic E-state index is 13.0. The molecule has 0 radical (unpaired) electrons. The Kier molecular flexibility index (Phi) is 3.23. The molecule has 1 atom stereocenters. The summed E-state index contributed by atoms with van der Waals surface area (Å²) in [6.45, 7) is 2.94. The molecule has 1 saturated heterocycles. The molecule has 24 heavy (non-hydrogen) atoms. The third-order valence-electron chi connectivity index (χ3n) is 5.20. The van der Waals surface area contributed by atoms with Gasteiger partial charge in [-0.1, -0.05) is 18.2 Å². The lowest BCUT2D eigenvalue weighted by atomic mass is 9.75. The summed E-state index contributed by atoms with van der Waals surface area (Å²) in [5, 5.41) is 6.88. The van der Waals surface area contributed by atoms with Gasteiger partial charge in [-0.2, -0.15) is 5.10 Å². The van der Waals surface area contributed by atoms with Gasteiger partial charge in [0.05, 0.1) is 5.41 Å². The molecular weight excluding hydrogens is 304 g/mol. The van der Waals surface area contributed by atoms with Gasteiger partial charge in [-0.3, -0.25) is 14.7 Å². The molecule has 6 heteroatoms. The minimum absolute atomic E-state index is 0.0828. The van der Waals surface area contributed by atoms with E-state index in [9.17, 15) is 9.59 Å². The molecule has 2 aromatic rings. The van der Waals surface area contributed by atoms with Crippen molar-refractivity contribution in [3.63, 3.8) is 0 Å². The number of para-hydroxylation sites is 1. The minimum Gasteiger partial charge on any atom is -0.336 e. The number of carbonyl (C=O) groups excluding carboxylic acids is 2. The van der Waals surface area contributed by atoms with Crippen LogP contribution in [0.15, 0.2) is 30.3 Å². The van der Waals surface area contributed by atoms with E-state index in [1.807, 2.05) is 38.2 Å². The van der Waals surface area contributed by atoms with Gasteiger partial charge in [0.15, 0.2) is 0 Å². The van der Waals surface area contributed by atoms with Crippen LogP contribution >= 0.6 is 0 Å². The highest BCUT2D eigenvalue weighted by Crippen LogP contribution is 2.46. The average molecular weight is 324 g/mol. The number of anilines is 1. The molecule has 1 spiro atoms. The molecular formula is C18H20N4O2. The number of benzene rings is 1. The number of nitrogens with one attached hydrogen (secondary N) is 1. The quantitative estimate of drug-likeness (QED) is 0.870. The molecule has 0 bridgehead atoms. The topological polar surface area (TPSA) is 69.3 Å². The molecule has 1 aromatic carbocycles. The average Bonchev–Trinajstić information content (AvgIpc) is 3.12. The van der Waals surface area contributed by atoms with E-state index in [1.165, 1.54) is 0 Å². The zero-order valence-corrected chi connectivity index (χ0v) is 13.9. The van der Waals surface area contributed by atoms with E-state index in [-0.39, 0.29) is 11.8 Å². The van der Waals surface area contributed by atoms with Crippen molar-refractivity contribution in [2.24, 2.45) is 0 Å². The van der Waals surface area contributed by atoms with Gasteiger partial charge in [0.2, 0.25) is 5.91 Å². The number of H-pyrrole nitrogens is 1. The van der Waals surface area contributed by atoms with Crippen molar-refractivity contribution in [2.45, 2.75) is 25.2 Å². The van der Waals surface area contributed by atoms with Crippen molar-refractivity contribution in [2.75, 3.05) is 25.0 Å². The molecule has 124 valence electrons. The van der Waals surface area contributed by atoms with Gasteiger partial charge in [-0.05, 0) is 37.5 Å². The van der Waals surface area contributed by atoms with E-state index in [1.54, 1.807) is 15.9 Å². The number of nitrogens with zero attached hydrogens (tertiary/aromatic N) is 3. The number of hydrogen-bond acceptors (Lipinski definition) is 3. The fraction of sp³-hybridized carbons (Fsp3) is 0.389. The third kappa shape index (κ3) is 1.99. The van der Waals surface area contributed by atoms with Crippen LogP contribution < -0.4 is 4.90 Å². The summed E-state index contributed by atoms with van der Waals surface area (Å²) >= 11 is 0. The Morgan fingerprint density at radius 3 is 2.88 bits per heavy atom.